The Bertz CT molecular complexity index is 871. The van der Waals surface area contributed by atoms with Crippen LogP contribution in [-0.2, 0) is 9.47 Å². The van der Waals surface area contributed by atoms with Gasteiger partial charge in [-0.15, -0.1) is 0 Å². The smallest absolute Gasteiger partial charge is 0.382 e. The maximum Gasteiger partial charge on any atom is 0.426 e. The molecule has 0 amide bonds. The highest BCUT2D eigenvalue weighted by atomic mass is 19.4. The summed E-state index contributed by atoms with van der Waals surface area (Å²) in [6.45, 7) is 0.604. The monoisotopic (exact) mass is 648 g/mol. The number of alkyl halides is 14. The Morgan fingerprint density at radius 3 is 1.57 bits per heavy atom. The molecule has 0 aliphatic heterocycles. The van der Waals surface area contributed by atoms with Crippen molar-refractivity contribution in [1.29, 1.82) is 0 Å². The first-order chi connectivity index (χ1) is 18.8. The summed E-state index contributed by atoms with van der Waals surface area (Å²) in [4.78, 5) is 0. The van der Waals surface area contributed by atoms with Gasteiger partial charge in [0, 0.05) is 18.9 Å². The standard InChI is InChI=1S/C25H34F14O3/c1-4-14-10-17(21(24(34,35)36,25(37,38)39)42-9-8-41-3)13-19(14,27)7-6-15-11-16(12-18(15,26)5-2)20(40,22(28,29)30)23(31,32)33/h14-17,40H,4-13H2,1-3H3. The van der Waals surface area contributed by atoms with Crippen LogP contribution in [-0.4, -0.2) is 72.7 Å². The second-order valence-corrected chi connectivity index (χ2v) is 11.4. The average molecular weight is 649 g/mol. The number of methoxy groups -OCH3 is 1. The number of halogens is 14. The van der Waals surface area contributed by atoms with Crippen LogP contribution >= 0.6 is 0 Å². The van der Waals surface area contributed by atoms with Crippen LogP contribution in [0.25, 0.3) is 0 Å². The number of hydrogen-bond donors (Lipinski definition) is 1. The lowest BCUT2D eigenvalue weighted by atomic mass is 9.79. The van der Waals surface area contributed by atoms with E-state index < -0.39 is 129 Å². The summed E-state index contributed by atoms with van der Waals surface area (Å²) in [6, 6.07) is 0. The van der Waals surface area contributed by atoms with E-state index >= 15 is 8.78 Å². The quantitative estimate of drug-likeness (QED) is 0.181. The van der Waals surface area contributed by atoms with Crippen molar-refractivity contribution in [1.82, 2.24) is 0 Å². The summed E-state index contributed by atoms with van der Waals surface area (Å²) < 4.78 is 206. The summed E-state index contributed by atoms with van der Waals surface area (Å²) in [5.74, 6) is -8.34. The molecule has 1 N–H and O–H groups in total. The number of hydrogen-bond acceptors (Lipinski definition) is 3. The van der Waals surface area contributed by atoms with Crippen molar-refractivity contribution in [3.63, 3.8) is 0 Å². The molecule has 2 fully saturated rings. The van der Waals surface area contributed by atoms with Crippen molar-refractivity contribution in [2.45, 2.75) is 112 Å². The van der Waals surface area contributed by atoms with Gasteiger partial charge in [-0.25, -0.2) is 8.78 Å². The zero-order valence-electron chi connectivity index (χ0n) is 22.9. The zero-order chi connectivity index (χ0) is 32.8. The second kappa shape index (κ2) is 12.0. The molecule has 3 nitrogen and oxygen atoms in total. The molecule has 0 heterocycles. The van der Waals surface area contributed by atoms with Crippen molar-refractivity contribution in [3.05, 3.63) is 0 Å². The molecule has 0 aromatic rings. The third-order valence-electron chi connectivity index (χ3n) is 9.25. The van der Waals surface area contributed by atoms with Gasteiger partial charge in [-0.1, -0.05) is 20.3 Å². The molecule has 2 aliphatic rings. The van der Waals surface area contributed by atoms with Gasteiger partial charge in [0.15, 0.2) is 0 Å². The molecule has 2 aliphatic carbocycles. The molecule has 0 radical (unpaired) electrons. The van der Waals surface area contributed by atoms with Crippen molar-refractivity contribution in [3.8, 4) is 0 Å². The van der Waals surface area contributed by atoms with Gasteiger partial charge in [-0.05, 0) is 56.8 Å². The number of aliphatic hydroxyl groups is 1. The predicted octanol–water partition coefficient (Wildman–Crippen LogP) is 8.44. The lowest BCUT2D eigenvalue weighted by molar-refractivity contribution is -0.398. The molecule has 0 aromatic carbocycles. The molecule has 6 unspecified atom stereocenters. The molecule has 2 saturated carbocycles. The van der Waals surface area contributed by atoms with E-state index in [0.29, 0.717) is 0 Å². The highest BCUT2D eigenvalue weighted by Gasteiger charge is 2.78. The first kappa shape index (κ1) is 37.1. The summed E-state index contributed by atoms with van der Waals surface area (Å²) >= 11 is 0. The summed E-state index contributed by atoms with van der Waals surface area (Å²) in [5.41, 5.74) is -15.6. The minimum absolute atomic E-state index is 0.263. The molecule has 2 rings (SSSR count). The first-order valence-corrected chi connectivity index (χ1v) is 13.3. The summed E-state index contributed by atoms with van der Waals surface area (Å²) in [7, 11) is 1.00. The first-order valence-electron chi connectivity index (χ1n) is 13.3. The van der Waals surface area contributed by atoms with Crippen LogP contribution in [0.2, 0.25) is 0 Å². The molecular weight excluding hydrogens is 614 g/mol. The highest BCUT2D eigenvalue weighted by molar-refractivity contribution is 5.11. The lowest BCUT2D eigenvalue weighted by Crippen LogP contribution is -2.63. The van der Waals surface area contributed by atoms with Crippen molar-refractivity contribution >= 4 is 0 Å². The van der Waals surface area contributed by atoms with E-state index in [1.165, 1.54) is 6.92 Å². The Hall–Kier alpha value is -1.10. The predicted molar refractivity (Wildman–Crippen MR) is 120 cm³/mol. The Balaban J connectivity index is 2.41. The van der Waals surface area contributed by atoms with Crippen LogP contribution in [0.15, 0.2) is 0 Å². The van der Waals surface area contributed by atoms with E-state index in [9.17, 15) is 57.8 Å². The van der Waals surface area contributed by atoms with Crippen LogP contribution in [0.4, 0.5) is 61.5 Å². The second-order valence-electron chi connectivity index (χ2n) is 11.4. The number of rotatable bonds is 11. The fourth-order valence-electron chi connectivity index (χ4n) is 6.93. The molecule has 0 spiro atoms. The van der Waals surface area contributed by atoms with Crippen molar-refractivity contribution in [2.24, 2.45) is 23.7 Å². The maximum atomic E-state index is 16.3. The maximum absolute atomic E-state index is 16.3. The molecule has 0 bridgehead atoms. The van der Waals surface area contributed by atoms with Crippen LogP contribution in [0, 0.1) is 23.7 Å². The minimum atomic E-state index is -6.24. The summed E-state index contributed by atoms with van der Waals surface area (Å²) in [6.07, 6.45) is -32.1. The Morgan fingerprint density at radius 2 is 1.17 bits per heavy atom. The zero-order valence-corrected chi connectivity index (χ0v) is 22.9. The van der Waals surface area contributed by atoms with Gasteiger partial charge in [0.1, 0.15) is 11.3 Å². The topological polar surface area (TPSA) is 38.7 Å². The average Bonchev–Trinajstić information content (AvgIpc) is 3.34. The van der Waals surface area contributed by atoms with Crippen LogP contribution in [0.1, 0.15) is 65.2 Å². The van der Waals surface area contributed by atoms with Gasteiger partial charge in [0.2, 0.25) is 0 Å². The fourth-order valence-corrected chi connectivity index (χ4v) is 6.93. The van der Waals surface area contributed by atoms with Crippen LogP contribution in [0.3, 0.4) is 0 Å². The van der Waals surface area contributed by atoms with Gasteiger partial charge < -0.3 is 14.6 Å². The van der Waals surface area contributed by atoms with Gasteiger partial charge in [0.05, 0.1) is 13.2 Å². The van der Waals surface area contributed by atoms with Gasteiger partial charge in [-0.2, -0.15) is 52.7 Å². The molecule has 6 atom stereocenters. The van der Waals surface area contributed by atoms with Crippen molar-refractivity contribution in [2.75, 3.05) is 20.3 Å². The third kappa shape index (κ3) is 6.34. The number of ether oxygens (including phenoxy) is 2. The van der Waals surface area contributed by atoms with Gasteiger partial charge in [-0.3, -0.25) is 0 Å². The highest BCUT2D eigenvalue weighted by Crippen LogP contribution is 2.62. The molecule has 250 valence electrons. The van der Waals surface area contributed by atoms with E-state index in [1.807, 2.05) is 0 Å². The SMILES string of the molecule is CCC1CC(C(OCCOC)(C(F)(F)F)C(F)(F)F)CC1(F)CCC1CC(C(O)(C(F)(F)F)C(F)(F)F)CC1(F)CC. The third-order valence-corrected chi connectivity index (χ3v) is 9.25. The molecule has 42 heavy (non-hydrogen) atoms. The van der Waals surface area contributed by atoms with E-state index in [1.54, 1.807) is 0 Å². The Kier molecular flexibility index (Phi) is 10.6. The van der Waals surface area contributed by atoms with Crippen LogP contribution in [0.5, 0.6) is 0 Å². The lowest BCUT2D eigenvalue weighted by Gasteiger charge is -2.41. The van der Waals surface area contributed by atoms with E-state index in [-0.39, 0.29) is 6.42 Å². The van der Waals surface area contributed by atoms with Gasteiger partial charge in [0.25, 0.3) is 11.2 Å². The molecular formula is C25H34F14O3. The minimum Gasteiger partial charge on any atom is -0.382 e. The van der Waals surface area contributed by atoms with E-state index in [4.69, 9.17) is 0 Å². The molecule has 17 heteroatoms. The Labute approximate surface area is 233 Å². The summed E-state index contributed by atoms with van der Waals surface area (Å²) in [5, 5.41) is 9.78. The van der Waals surface area contributed by atoms with Crippen molar-refractivity contribution < 1.29 is 76.0 Å². The Morgan fingerprint density at radius 1 is 0.690 bits per heavy atom. The fraction of sp³-hybridized carbons (Fsp3) is 1.00. The van der Waals surface area contributed by atoms with E-state index in [2.05, 4.69) is 9.47 Å². The normalized spacial score (nSPS) is 32.1. The molecule has 0 aromatic heterocycles. The van der Waals surface area contributed by atoms with Gasteiger partial charge >= 0.3 is 24.7 Å². The largest absolute Gasteiger partial charge is 0.426 e. The van der Waals surface area contributed by atoms with Crippen LogP contribution < -0.4 is 0 Å². The van der Waals surface area contributed by atoms with E-state index in [0.717, 1.165) is 14.0 Å². The molecule has 0 saturated heterocycles.